The minimum atomic E-state index is -0.232. The van der Waals surface area contributed by atoms with Crippen LogP contribution in [0.1, 0.15) is 41.5 Å². The molecule has 2 heterocycles. The smallest absolute Gasteiger partial charge is 0.169 e. The average molecular weight is 342 g/mol. The second-order valence-electron chi connectivity index (χ2n) is 6.93. The van der Waals surface area contributed by atoms with E-state index < -0.39 is 0 Å². The highest BCUT2D eigenvalue weighted by atomic mass is 16.7. The lowest BCUT2D eigenvalue weighted by molar-refractivity contribution is -0.208. The molecule has 6 unspecified atom stereocenters. The maximum absolute atomic E-state index is 13.1. The molecule has 2 saturated heterocycles. The highest BCUT2D eigenvalue weighted by Crippen LogP contribution is 2.18. The fraction of sp³-hybridized carbons (Fsp3) is 0.941. The summed E-state index contributed by atoms with van der Waals surface area (Å²) in [5, 5.41) is 10.8. The molecular weight excluding hydrogens is 308 g/mol. The first-order chi connectivity index (χ1) is 11.4. The van der Waals surface area contributed by atoms with Crippen molar-refractivity contribution in [1.82, 2.24) is 20.8 Å². The number of hydrogen-bond acceptors (Lipinski definition) is 7. The summed E-state index contributed by atoms with van der Waals surface area (Å²) < 4.78 is 0. The van der Waals surface area contributed by atoms with Crippen LogP contribution in [-0.2, 0) is 14.5 Å². The van der Waals surface area contributed by atoms with Gasteiger partial charge in [-0.25, -0.2) is 0 Å². The van der Waals surface area contributed by atoms with Gasteiger partial charge in [-0.05, 0) is 41.5 Å². The van der Waals surface area contributed by atoms with Crippen LogP contribution < -0.4 is 10.6 Å². The SMILES string of the molecule is CCON1CC(C(=O)C2CN(OCC)C(C)C(C)N2)NC(C)C1C. The molecule has 0 aromatic heterocycles. The normalized spacial score (nSPS) is 39.1. The Morgan fingerprint density at radius 3 is 1.58 bits per heavy atom. The van der Waals surface area contributed by atoms with Gasteiger partial charge in [0.25, 0.3) is 0 Å². The van der Waals surface area contributed by atoms with Crippen LogP contribution >= 0.6 is 0 Å². The fourth-order valence-electron chi connectivity index (χ4n) is 3.47. The van der Waals surface area contributed by atoms with Gasteiger partial charge in [-0.3, -0.25) is 14.5 Å². The molecule has 2 rings (SSSR count). The van der Waals surface area contributed by atoms with Gasteiger partial charge >= 0.3 is 0 Å². The van der Waals surface area contributed by atoms with Crippen LogP contribution in [-0.4, -0.2) is 78.5 Å². The lowest BCUT2D eigenvalue weighted by atomic mass is 9.95. The van der Waals surface area contributed by atoms with Crippen molar-refractivity contribution in [1.29, 1.82) is 0 Å². The molecule has 2 N–H and O–H groups in total. The fourth-order valence-corrected chi connectivity index (χ4v) is 3.47. The lowest BCUT2D eigenvalue weighted by Crippen LogP contribution is -2.68. The molecule has 7 heteroatoms. The van der Waals surface area contributed by atoms with E-state index >= 15 is 0 Å². The van der Waals surface area contributed by atoms with Crippen molar-refractivity contribution in [2.45, 2.75) is 77.8 Å². The van der Waals surface area contributed by atoms with Crippen LogP contribution in [0.3, 0.4) is 0 Å². The van der Waals surface area contributed by atoms with Crippen LogP contribution in [0.2, 0.25) is 0 Å². The van der Waals surface area contributed by atoms with Gasteiger partial charge in [0.2, 0.25) is 0 Å². The number of carbonyl (C=O) groups excluding carboxylic acids is 1. The number of piperazine rings is 2. The Labute approximate surface area is 145 Å². The van der Waals surface area contributed by atoms with Gasteiger partial charge in [0.15, 0.2) is 5.78 Å². The standard InChI is InChI=1S/C17H34N4O3/c1-7-23-20-9-15(18-11(3)13(20)5)17(22)16-10-21(24-8-2)14(6)12(4)19-16/h11-16,18-19H,7-10H2,1-6H3. The maximum Gasteiger partial charge on any atom is 0.169 e. The second kappa shape index (κ2) is 8.69. The van der Waals surface area contributed by atoms with Crippen molar-refractivity contribution in [3.8, 4) is 0 Å². The average Bonchev–Trinajstić information content (AvgIpc) is 2.55. The monoisotopic (exact) mass is 342 g/mol. The summed E-state index contributed by atoms with van der Waals surface area (Å²) in [6, 6.07) is 0.414. The third-order valence-electron chi connectivity index (χ3n) is 5.29. The van der Waals surface area contributed by atoms with E-state index in [-0.39, 0.29) is 42.0 Å². The van der Waals surface area contributed by atoms with E-state index in [9.17, 15) is 4.79 Å². The van der Waals surface area contributed by atoms with Crippen molar-refractivity contribution >= 4 is 5.78 Å². The molecule has 0 bridgehead atoms. The van der Waals surface area contributed by atoms with E-state index in [0.29, 0.717) is 26.3 Å². The zero-order valence-corrected chi connectivity index (χ0v) is 15.9. The van der Waals surface area contributed by atoms with Gasteiger partial charge in [0.05, 0.1) is 25.3 Å². The zero-order chi connectivity index (χ0) is 17.9. The molecule has 2 aliphatic heterocycles. The molecule has 0 aliphatic carbocycles. The van der Waals surface area contributed by atoms with Gasteiger partial charge < -0.3 is 10.6 Å². The van der Waals surface area contributed by atoms with Crippen molar-refractivity contribution in [3.05, 3.63) is 0 Å². The minimum Gasteiger partial charge on any atom is -0.302 e. The molecule has 0 amide bonds. The van der Waals surface area contributed by atoms with E-state index in [4.69, 9.17) is 9.68 Å². The molecule has 0 spiro atoms. The number of hydrogen-bond donors (Lipinski definition) is 2. The molecule has 2 aliphatic rings. The number of Topliss-reactive ketones (excluding diaryl/α,β-unsaturated/α-hetero) is 1. The summed E-state index contributed by atoms with van der Waals surface area (Å²) in [5.74, 6) is 0.182. The van der Waals surface area contributed by atoms with Crippen LogP contribution in [0.15, 0.2) is 0 Å². The van der Waals surface area contributed by atoms with Crippen molar-refractivity contribution in [3.63, 3.8) is 0 Å². The number of hydroxylamine groups is 4. The minimum absolute atomic E-state index is 0.182. The van der Waals surface area contributed by atoms with Gasteiger partial charge in [-0.1, -0.05) is 0 Å². The molecule has 0 aromatic carbocycles. The van der Waals surface area contributed by atoms with E-state index in [1.807, 2.05) is 24.0 Å². The van der Waals surface area contributed by atoms with E-state index in [1.165, 1.54) is 0 Å². The van der Waals surface area contributed by atoms with E-state index in [1.54, 1.807) is 0 Å². The van der Waals surface area contributed by atoms with E-state index in [2.05, 4.69) is 38.3 Å². The van der Waals surface area contributed by atoms with Crippen molar-refractivity contribution in [2.24, 2.45) is 0 Å². The Bertz CT molecular complexity index is 387. The topological polar surface area (TPSA) is 66.1 Å². The Morgan fingerprint density at radius 1 is 0.875 bits per heavy atom. The molecule has 0 saturated carbocycles. The third kappa shape index (κ3) is 4.33. The summed E-state index contributed by atoms with van der Waals surface area (Å²) in [6.07, 6.45) is 0. The number of nitrogens with zero attached hydrogens (tertiary/aromatic N) is 2. The Morgan fingerprint density at radius 2 is 1.25 bits per heavy atom. The largest absolute Gasteiger partial charge is 0.302 e. The van der Waals surface area contributed by atoms with Gasteiger partial charge in [0.1, 0.15) is 0 Å². The summed E-state index contributed by atoms with van der Waals surface area (Å²) in [7, 11) is 0. The summed E-state index contributed by atoms with van der Waals surface area (Å²) in [5.41, 5.74) is 0. The third-order valence-corrected chi connectivity index (χ3v) is 5.29. The van der Waals surface area contributed by atoms with Gasteiger partial charge in [0, 0.05) is 37.3 Å². The highest BCUT2D eigenvalue weighted by molar-refractivity contribution is 5.89. The van der Waals surface area contributed by atoms with Gasteiger partial charge in [-0.15, -0.1) is 0 Å². The Kier molecular flexibility index (Phi) is 7.15. The summed E-state index contributed by atoms with van der Waals surface area (Å²) in [4.78, 5) is 24.5. The van der Waals surface area contributed by atoms with Crippen molar-refractivity contribution in [2.75, 3.05) is 26.3 Å². The first-order valence-corrected chi connectivity index (χ1v) is 9.23. The molecule has 2 fully saturated rings. The molecule has 140 valence electrons. The molecule has 6 atom stereocenters. The zero-order valence-electron chi connectivity index (χ0n) is 15.9. The van der Waals surface area contributed by atoms with Crippen LogP contribution in [0.4, 0.5) is 0 Å². The number of carbonyl (C=O) groups is 1. The predicted molar refractivity (Wildman–Crippen MR) is 93.4 cm³/mol. The molecular formula is C17H34N4O3. The number of rotatable bonds is 6. The molecule has 24 heavy (non-hydrogen) atoms. The lowest BCUT2D eigenvalue weighted by Gasteiger charge is -2.45. The van der Waals surface area contributed by atoms with Crippen LogP contribution in [0.25, 0.3) is 0 Å². The Balaban J connectivity index is 2.04. The quantitative estimate of drug-likeness (QED) is 0.731. The Hall–Kier alpha value is -0.570. The van der Waals surface area contributed by atoms with E-state index in [0.717, 1.165) is 0 Å². The number of ketones is 1. The first-order valence-electron chi connectivity index (χ1n) is 9.23. The summed E-state index contributed by atoms with van der Waals surface area (Å²) >= 11 is 0. The van der Waals surface area contributed by atoms with Crippen molar-refractivity contribution < 1.29 is 14.5 Å². The highest BCUT2D eigenvalue weighted by Gasteiger charge is 2.41. The van der Waals surface area contributed by atoms with Gasteiger partial charge in [-0.2, -0.15) is 10.1 Å². The number of nitrogens with one attached hydrogen (secondary N) is 2. The van der Waals surface area contributed by atoms with Crippen LogP contribution in [0.5, 0.6) is 0 Å². The maximum atomic E-state index is 13.1. The molecule has 7 nitrogen and oxygen atoms in total. The van der Waals surface area contributed by atoms with Crippen LogP contribution in [0, 0.1) is 0 Å². The molecule has 0 aromatic rings. The first kappa shape index (κ1) is 19.8. The predicted octanol–water partition coefficient (Wildman–Crippen LogP) is 0.560. The second-order valence-corrected chi connectivity index (χ2v) is 6.93. The molecule has 0 radical (unpaired) electrons. The summed E-state index contributed by atoms with van der Waals surface area (Å²) in [6.45, 7) is 14.8.